The summed E-state index contributed by atoms with van der Waals surface area (Å²) in [6, 6.07) is 9.72. The van der Waals surface area contributed by atoms with Gasteiger partial charge in [-0.15, -0.1) is 0 Å². The summed E-state index contributed by atoms with van der Waals surface area (Å²) in [6.45, 7) is 1.27. The molecule has 1 saturated heterocycles. The minimum Gasteiger partial charge on any atom is -0.481 e. The van der Waals surface area contributed by atoms with Crippen LogP contribution in [0, 0.1) is 11.8 Å². The quantitative estimate of drug-likeness (QED) is 0.705. The number of rotatable bonds is 5. The number of benzene rings is 2. The molecule has 1 N–H and O–H groups in total. The van der Waals surface area contributed by atoms with Crippen LogP contribution in [-0.2, 0) is 14.6 Å². The largest absolute Gasteiger partial charge is 0.481 e. The maximum Gasteiger partial charge on any atom is 0.341 e. The summed E-state index contributed by atoms with van der Waals surface area (Å²) in [6.07, 6.45) is 4.48. The Morgan fingerprint density at radius 3 is 2.47 bits per heavy atom. The molecule has 8 heteroatoms. The third-order valence-corrected chi connectivity index (χ3v) is 6.06. The Morgan fingerprint density at radius 1 is 1.10 bits per heavy atom. The highest BCUT2D eigenvalue weighted by Crippen LogP contribution is 2.27. The number of aliphatic carboxylic acids is 1. The zero-order chi connectivity index (χ0) is 21.7. The van der Waals surface area contributed by atoms with E-state index in [1.807, 2.05) is 0 Å². The van der Waals surface area contributed by atoms with Crippen molar-refractivity contribution in [2.75, 3.05) is 30.9 Å². The van der Waals surface area contributed by atoms with E-state index >= 15 is 0 Å². The van der Waals surface area contributed by atoms with Gasteiger partial charge < -0.3 is 14.7 Å². The van der Waals surface area contributed by atoms with Crippen LogP contribution in [0.1, 0.15) is 30.4 Å². The van der Waals surface area contributed by atoms with Gasteiger partial charge in [0.05, 0.1) is 16.1 Å². The number of hydrogen-bond acceptors (Lipinski definition) is 5. The van der Waals surface area contributed by atoms with Crippen LogP contribution in [0.25, 0.3) is 0 Å². The second-order valence-electron chi connectivity index (χ2n) is 7.07. The number of nitrogens with zero attached hydrogens (tertiary/aromatic N) is 1. The lowest BCUT2D eigenvalue weighted by atomic mass is 10.1. The zero-order valence-corrected chi connectivity index (χ0v) is 18.1. The molecule has 2 aromatic carbocycles. The zero-order valence-electron chi connectivity index (χ0n) is 16.5. The van der Waals surface area contributed by atoms with Crippen LogP contribution in [0.15, 0.2) is 41.3 Å². The third-order valence-electron chi connectivity index (χ3n) is 4.72. The molecule has 1 heterocycles. The smallest absolute Gasteiger partial charge is 0.341 e. The van der Waals surface area contributed by atoms with Crippen LogP contribution in [-0.4, -0.2) is 45.4 Å². The van der Waals surface area contributed by atoms with Crippen LogP contribution in [0.3, 0.4) is 0 Å². The first-order valence-corrected chi connectivity index (χ1v) is 11.8. The summed E-state index contributed by atoms with van der Waals surface area (Å²) >= 11 is 6.07. The van der Waals surface area contributed by atoms with E-state index in [2.05, 4.69) is 16.7 Å². The molecule has 0 bridgehead atoms. The molecule has 0 aromatic heterocycles. The molecule has 0 amide bonds. The number of sulfone groups is 1. The van der Waals surface area contributed by atoms with E-state index in [1.54, 1.807) is 36.4 Å². The molecule has 0 spiro atoms. The molecule has 0 unspecified atom stereocenters. The Hall–Kier alpha value is -2.69. The van der Waals surface area contributed by atoms with Gasteiger partial charge in [-0.3, -0.25) is 0 Å². The first kappa shape index (κ1) is 22.0. The normalized spacial score (nSPS) is 14.0. The second-order valence-corrected chi connectivity index (χ2v) is 9.52. The maximum atomic E-state index is 12.0. The predicted molar refractivity (Wildman–Crippen MR) is 116 cm³/mol. The van der Waals surface area contributed by atoms with E-state index in [4.69, 9.17) is 21.4 Å². The minimum absolute atomic E-state index is 0.195. The number of piperidine rings is 1. The van der Waals surface area contributed by atoms with Crippen molar-refractivity contribution >= 4 is 33.1 Å². The lowest BCUT2D eigenvalue weighted by Crippen LogP contribution is -2.30. The highest BCUT2D eigenvalue weighted by molar-refractivity contribution is 7.90. The van der Waals surface area contributed by atoms with Gasteiger partial charge in [0.2, 0.25) is 0 Å². The van der Waals surface area contributed by atoms with E-state index in [-0.39, 0.29) is 4.90 Å². The highest BCUT2D eigenvalue weighted by Gasteiger charge is 2.17. The fourth-order valence-electron chi connectivity index (χ4n) is 3.26. The Morgan fingerprint density at radius 2 is 1.80 bits per heavy atom. The Kier molecular flexibility index (Phi) is 6.91. The van der Waals surface area contributed by atoms with Crippen molar-refractivity contribution in [2.24, 2.45) is 0 Å². The Labute approximate surface area is 181 Å². The first-order chi connectivity index (χ1) is 14.2. The van der Waals surface area contributed by atoms with Gasteiger partial charge in [-0.25, -0.2) is 13.2 Å². The summed E-state index contributed by atoms with van der Waals surface area (Å²) in [5, 5.41) is 9.30. The van der Waals surface area contributed by atoms with Crippen molar-refractivity contribution in [3.63, 3.8) is 0 Å². The van der Waals surface area contributed by atoms with E-state index < -0.39 is 22.4 Å². The SMILES string of the molecule is CS(=O)(=O)c1ccc(N2CCCCC2)c(C#Cc2cc(Cl)ccc2OCC(=O)O)c1. The van der Waals surface area contributed by atoms with Gasteiger partial charge in [-0.2, -0.15) is 0 Å². The van der Waals surface area contributed by atoms with Crippen LogP contribution in [0.5, 0.6) is 5.75 Å². The number of halogens is 1. The number of carbonyl (C=O) groups is 1. The number of carboxylic acid groups (broad SMARTS) is 1. The second kappa shape index (κ2) is 9.41. The molecule has 0 radical (unpaired) electrons. The van der Waals surface area contributed by atoms with E-state index in [0.29, 0.717) is 21.9 Å². The van der Waals surface area contributed by atoms with Crippen molar-refractivity contribution in [1.29, 1.82) is 0 Å². The van der Waals surface area contributed by atoms with Crippen LogP contribution >= 0.6 is 11.6 Å². The maximum absolute atomic E-state index is 12.0. The molecule has 1 fully saturated rings. The molecule has 2 aromatic rings. The predicted octanol–water partition coefficient (Wildman–Crippen LogP) is 3.60. The molecule has 0 atom stereocenters. The summed E-state index contributed by atoms with van der Waals surface area (Å²) in [5.41, 5.74) is 1.90. The highest BCUT2D eigenvalue weighted by atomic mass is 35.5. The molecular formula is C22H22ClNO5S. The summed E-state index contributed by atoms with van der Waals surface area (Å²) < 4.78 is 29.4. The standard InChI is InChI=1S/C22H22ClNO5S/c1-30(27,28)19-8-9-20(24-11-3-2-4-12-24)16(14-19)5-6-17-13-18(23)7-10-21(17)29-15-22(25)26/h7-10,13-14H,2-4,11-12,15H2,1H3,(H,25,26). The van der Waals surface area contributed by atoms with Gasteiger partial charge in [0.25, 0.3) is 0 Å². The molecule has 0 saturated carbocycles. The van der Waals surface area contributed by atoms with Gasteiger partial charge in [-0.1, -0.05) is 23.4 Å². The van der Waals surface area contributed by atoms with E-state index in [9.17, 15) is 13.2 Å². The van der Waals surface area contributed by atoms with Crippen molar-refractivity contribution in [2.45, 2.75) is 24.2 Å². The number of anilines is 1. The summed E-state index contributed by atoms with van der Waals surface area (Å²) in [5.74, 6) is 5.23. The fraction of sp³-hybridized carbons (Fsp3) is 0.318. The Bertz CT molecular complexity index is 1110. The van der Waals surface area contributed by atoms with Crippen molar-refractivity contribution < 1.29 is 23.1 Å². The molecule has 6 nitrogen and oxygen atoms in total. The van der Waals surface area contributed by atoms with Gasteiger partial charge in [-0.05, 0) is 55.7 Å². The fourth-order valence-corrected chi connectivity index (χ4v) is 4.08. The topological polar surface area (TPSA) is 83.9 Å². The van der Waals surface area contributed by atoms with E-state index in [1.165, 1.54) is 6.42 Å². The molecule has 3 rings (SSSR count). The van der Waals surface area contributed by atoms with Crippen LogP contribution < -0.4 is 9.64 Å². The molecule has 1 aliphatic rings. The average molecular weight is 448 g/mol. The number of ether oxygens (including phenoxy) is 1. The van der Waals surface area contributed by atoms with E-state index in [0.717, 1.165) is 37.9 Å². The van der Waals surface area contributed by atoms with Crippen molar-refractivity contribution in [3.05, 3.63) is 52.5 Å². The molecule has 158 valence electrons. The third kappa shape index (κ3) is 5.68. The monoisotopic (exact) mass is 447 g/mol. The summed E-state index contributed by atoms with van der Waals surface area (Å²) in [7, 11) is -3.39. The molecule has 0 aliphatic carbocycles. The van der Waals surface area contributed by atoms with Gasteiger partial charge >= 0.3 is 5.97 Å². The lowest BCUT2D eigenvalue weighted by Gasteiger charge is -2.29. The first-order valence-electron chi connectivity index (χ1n) is 9.49. The molecular weight excluding hydrogens is 426 g/mol. The molecule has 30 heavy (non-hydrogen) atoms. The summed E-state index contributed by atoms with van der Waals surface area (Å²) in [4.78, 5) is 13.2. The number of carboxylic acids is 1. The van der Waals surface area contributed by atoms with Crippen molar-refractivity contribution in [3.8, 4) is 17.6 Å². The van der Waals surface area contributed by atoms with Crippen LogP contribution in [0.2, 0.25) is 5.02 Å². The minimum atomic E-state index is -3.39. The average Bonchev–Trinajstić information content (AvgIpc) is 2.71. The van der Waals surface area contributed by atoms with Crippen LogP contribution in [0.4, 0.5) is 5.69 Å². The van der Waals surface area contributed by atoms with Gasteiger partial charge in [0.15, 0.2) is 16.4 Å². The Balaban J connectivity index is 2.05. The van der Waals surface area contributed by atoms with Gasteiger partial charge in [0.1, 0.15) is 5.75 Å². The van der Waals surface area contributed by atoms with Gasteiger partial charge in [0, 0.05) is 29.9 Å². The number of hydrogen-bond donors (Lipinski definition) is 1. The van der Waals surface area contributed by atoms with Crippen molar-refractivity contribution in [1.82, 2.24) is 0 Å². The lowest BCUT2D eigenvalue weighted by molar-refractivity contribution is -0.139. The molecule has 1 aliphatic heterocycles.